The summed E-state index contributed by atoms with van der Waals surface area (Å²) in [4.78, 5) is 11.7. The number of amides is 1. The molecule has 20 heavy (non-hydrogen) atoms. The maximum absolute atomic E-state index is 11.7. The van der Waals surface area contributed by atoms with E-state index in [2.05, 4.69) is 10.5 Å². The molecule has 6 nitrogen and oxygen atoms in total. The van der Waals surface area contributed by atoms with Gasteiger partial charge in [-0.3, -0.25) is 5.32 Å². The van der Waals surface area contributed by atoms with Crippen LogP contribution in [-0.4, -0.2) is 16.9 Å². The summed E-state index contributed by atoms with van der Waals surface area (Å²) >= 11 is 0. The quantitative estimate of drug-likeness (QED) is 0.877. The second-order valence-electron chi connectivity index (χ2n) is 5.31. The van der Waals surface area contributed by atoms with Gasteiger partial charge in [-0.1, -0.05) is 17.3 Å². The van der Waals surface area contributed by atoms with Crippen LogP contribution in [0.25, 0.3) is 11.1 Å². The normalized spacial score (nSPS) is 11.2. The number of anilines is 2. The van der Waals surface area contributed by atoms with Gasteiger partial charge >= 0.3 is 6.09 Å². The van der Waals surface area contributed by atoms with Crippen molar-refractivity contribution < 1.29 is 14.1 Å². The lowest BCUT2D eigenvalue weighted by molar-refractivity contribution is 0.0636. The largest absolute Gasteiger partial charge is 0.444 e. The molecular formula is C14H17N3O3. The molecule has 1 aromatic carbocycles. The number of carbonyl (C=O) groups excluding carboxylic acids is 1. The first-order chi connectivity index (χ1) is 9.35. The third kappa shape index (κ3) is 3.50. The zero-order valence-corrected chi connectivity index (χ0v) is 11.6. The zero-order chi connectivity index (χ0) is 14.8. The number of hydrogen-bond donors (Lipinski definition) is 2. The number of ether oxygens (including phenoxy) is 1. The Morgan fingerprint density at radius 3 is 2.75 bits per heavy atom. The minimum Gasteiger partial charge on any atom is -0.444 e. The highest BCUT2D eigenvalue weighted by Crippen LogP contribution is 2.27. The number of benzene rings is 1. The van der Waals surface area contributed by atoms with Gasteiger partial charge in [-0.15, -0.1) is 0 Å². The van der Waals surface area contributed by atoms with Gasteiger partial charge in [0.05, 0.1) is 11.8 Å². The SMILES string of the molecule is CC(C)(C)OC(=O)Nc1cccc(-c2cnoc2N)c1. The lowest BCUT2D eigenvalue weighted by Gasteiger charge is -2.19. The molecule has 0 fully saturated rings. The molecular weight excluding hydrogens is 258 g/mol. The number of aromatic nitrogens is 1. The second-order valence-corrected chi connectivity index (χ2v) is 5.31. The zero-order valence-electron chi connectivity index (χ0n) is 11.6. The molecule has 0 unspecified atom stereocenters. The van der Waals surface area contributed by atoms with E-state index in [1.54, 1.807) is 39.0 Å². The molecule has 0 radical (unpaired) electrons. The van der Waals surface area contributed by atoms with Gasteiger partial charge in [-0.25, -0.2) is 4.79 Å². The van der Waals surface area contributed by atoms with Crippen LogP contribution in [0.4, 0.5) is 16.4 Å². The van der Waals surface area contributed by atoms with E-state index >= 15 is 0 Å². The molecule has 0 spiro atoms. The van der Waals surface area contributed by atoms with E-state index in [9.17, 15) is 4.79 Å². The summed E-state index contributed by atoms with van der Waals surface area (Å²) in [6.45, 7) is 5.42. The number of nitrogens with two attached hydrogens (primary N) is 1. The third-order valence-electron chi connectivity index (χ3n) is 2.42. The molecule has 1 heterocycles. The van der Waals surface area contributed by atoms with Crippen molar-refractivity contribution in [2.24, 2.45) is 0 Å². The van der Waals surface area contributed by atoms with Crippen LogP contribution in [0.2, 0.25) is 0 Å². The topological polar surface area (TPSA) is 90.4 Å². The van der Waals surface area contributed by atoms with Crippen molar-refractivity contribution in [2.75, 3.05) is 11.1 Å². The Bertz CT molecular complexity index is 614. The summed E-state index contributed by atoms with van der Waals surface area (Å²) in [5.41, 5.74) is 7.22. The molecule has 3 N–H and O–H groups in total. The molecule has 1 aromatic heterocycles. The lowest BCUT2D eigenvalue weighted by Crippen LogP contribution is -2.27. The van der Waals surface area contributed by atoms with E-state index in [0.717, 1.165) is 5.56 Å². The molecule has 0 saturated heterocycles. The van der Waals surface area contributed by atoms with Crippen molar-refractivity contribution in [3.63, 3.8) is 0 Å². The molecule has 0 aliphatic rings. The Morgan fingerprint density at radius 2 is 2.15 bits per heavy atom. The number of rotatable bonds is 2. The van der Waals surface area contributed by atoms with Crippen LogP contribution < -0.4 is 11.1 Å². The molecule has 2 aromatic rings. The van der Waals surface area contributed by atoms with Crippen LogP contribution in [0.5, 0.6) is 0 Å². The average Bonchev–Trinajstić information content (AvgIpc) is 2.73. The fraction of sp³-hybridized carbons (Fsp3) is 0.286. The van der Waals surface area contributed by atoms with Gasteiger partial charge in [0.25, 0.3) is 0 Å². The first kappa shape index (κ1) is 13.9. The van der Waals surface area contributed by atoms with Crippen LogP contribution in [-0.2, 0) is 4.74 Å². The van der Waals surface area contributed by atoms with E-state index in [0.29, 0.717) is 11.3 Å². The minimum atomic E-state index is -0.541. The first-order valence-electron chi connectivity index (χ1n) is 6.16. The molecule has 106 valence electrons. The van der Waals surface area contributed by atoms with Gasteiger partial charge in [0.1, 0.15) is 5.60 Å². The summed E-state index contributed by atoms with van der Waals surface area (Å²) in [6.07, 6.45) is 1.02. The van der Waals surface area contributed by atoms with Crippen molar-refractivity contribution in [3.8, 4) is 11.1 Å². The molecule has 0 aliphatic carbocycles. The molecule has 0 saturated carbocycles. The Morgan fingerprint density at radius 1 is 1.40 bits per heavy atom. The number of nitrogens with zero attached hydrogens (tertiary/aromatic N) is 1. The van der Waals surface area contributed by atoms with Crippen molar-refractivity contribution in [3.05, 3.63) is 30.5 Å². The predicted molar refractivity (Wildman–Crippen MR) is 76.2 cm³/mol. The highest BCUT2D eigenvalue weighted by atomic mass is 16.6. The number of hydrogen-bond acceptors (Lipinski definition) is 5. The van der Waals surface area contributed by atoms with Crippen LogP contribution in [0, 0.1) is 0 Å². The van der Waals surface area contributed by atoms with E-state index < -0.39 is 11.7 Å². The number of nitrogen functional groups attached to an aromatic ring is 1. The van der Waals surface area contributed by atoms with Crippen molar-refractivity contribution >= 4 is 17.7 Å². The summed E-state index contributed by atoms with van der Waals surface area (Å²) in [6, 6.07) is 7.18. The third-order valence-corrected chi connectivity index (χ3v) is 2.42. The Labute approximate surface area is 116 Å². The van der Waals surface area contributed by atoms with E-state index in [-0.39, 0.29) is 5.88 Å². The number of carbonyl (C=O) groups is 1. The van der Waals surface area contributed by atoms with E-state index in [1.807, 2.05) is 6.07 Å². The highest BCUT2D eigenvalue weighted by molar-refractivity contribution is 5.86. The first-order valence-corrected chi connectivity index (χ1v) is 6.16. The van der Waals surface area contributed by atoms with Gasteiger partial charge in [0.15, 0.2) is 0 Å². The lowest BCUT2D eigenvalue weighted by atomic mass is 10.1. The monoisotopic (exact) mass is 275 g/mol. The Balaban J connectivity index is 2.15. The highest BCUT2D eigenvalue weighted by Gasteiger charge is 2.16. The van der Waals surface area contributed by atoms with Gasteiger partial charge in [-0.2, -0.15) is 0 Å². The molecule has 1 amide bonds. The number of nitrogens with one attached hydrogen (secondary N) is 1. The Hall–Kier alpha value is -2.50. The molecule has 0 aliphatic heterocycles. The van der Waals surface area contributed by atoms with Gasteiger partial charge < -0.3 is 15.0 Å². The summed E-state index contributed by atoms with van der Waals surface area (Å²) < 4.78 is 10.0. The minimum absolute atomic E-state index is 0.236. The average molecular weight is 275 g/mol. The standard InChI is InChI=1S/C14H17N3O3/c1-14(2,3)19-13(18)17-10-6-4-5-9(7-10)11-8-16-20-12(11)15/h4-8H,15H2,1-3H3,(H,17,18). The van der Waals surface area contributed by atoms with Crippen molar-refractivity contribution in [2.45, 2.75) is 26.4 Å². The van der Waals surface area contributed by atoms with Crippen molar-refractivity contribution in [1.82, 2.24) is 5.16 Å². The van der Waals surface area contributed by atoms with E-state index in [4.69, 9.17) is 15.0 Å². The molecule has 2 rings (SSSR count). The predicted octanol–water partition coefficient (Wildman–Crippen LogP) is 3.27. The molecule has 0 atom stereocenters. The maximum atomic E-state index is 11.7. The fourth-order valence-corrected chi connectivity index (χ4v) is 1.65. The van der Waals surface area contributed by atoms with Gasteiger partial charge in [-0.05, 0) is 38.5 Å². The van der Waals surface area contributed by atoms with Crippen LogP contribution in [0.3, 0.4) is 0 Å². The van der Waals surface area contributed by atoms with Gasteiger partial charge in [0.2, 0.25) is 5.88 Å². The summed E-state index contributed by atoms with van der Waals surface area (Å²) in [5, 5.41) is 6.29. The summed E-state index contributed by atoms with van der Waals surface area (Å²) in [5.74, 6) is 0.236. The molecule has 6 heteroatoms. The molecule has 0 bridgehead atoms. The van der Waals surface area contributed by atoms with Gasteiger partial charge in [0, 0.05) is 5.69 Å². The van der Waals surface area contributed by atoms with Crippen LogP contribution in [0.1, 0.15) is 20.8 Å². The van der Waals surface area contributed by atoms with Crippen molar-refractivity contribution in [1.29, 1.82) is 0 Å². The Kier molecular flexibility index (Phi) is 3.65. The fourth-order valence-electron chi connectivity index (χ4n) is 1.65. The maximum Gasteiger partial charge on any atom is 0.412 e. The summed E-state index contributed by atoms with van der Waals surface area (Å²) in [7, 11) is 0. The van der Waals surface area contributed by atoms with Crippen LogP contribution >= 0.6 is 0 Å². The van der Waals surface area contributed by atoms with E-state index in [1.165, 1.54) is 6.20 Å². The smallest absolute Gasteiger partial charge is 0.412 e. The van der Waals surface area contributed by atoms with Crippen LogP contribution in [0.15, 0.2) is 35.0 Å². The second kappa shape index (κ2) is 5.24.